The number of hydrogen-bond acceptors (Lipinski definition) is 5. The first-order valence-corrected chi connectivity index (χ1v) is 11.6. The van der Waals surface area contributed by atoms with Gasteiger partial charge in [0.15, 0.2) is 5.82 Å². The normalized spacial score (nSPS) is 15.4. The van der Waals surface area contributed by atoms with Crippen LogP contribution in [-0.2, 0) is 21.5 Å². The highest BCUT2D eigenvalue weighted by molar-refractivity contribution is 5.91. The lowest BCUT2D eigenvalue weighted by Gasteiger charge is -2.30. The Kier molecular flexibility index (Phi) is 7.17. The van der Waals surface area contributed by atoms with Crippen molar-refractivity contribution < 1.29 is 14.1 Å². The molecule has 0 radical (unpaired) electrons. The van der Waals surface area contributed by atoms with E-state index in [2.05, 4.69) is 32.9 Å². The third-order valence-electron chi connectivity index (χ3n) is 6.11. The molecule has 0 unspecified atom stereocenters. The molecule has 2 N–H and O–H groups in total. The van der Waals surface area contributed by atoms with E-state index in [-0.39, 0.29) is 18.2 Å². The topological polar surface area (TPSA) is 97.1 Å². The van der Waals surface area contributed by atoms with Crippen molar-refractivity contribution in [3.8, 4) is 11.1 Å². The monoisotopic (exact) mass is 446 g/mol. The summed E-state index contributed by atoms with van der Waals surface area (Å²) in [5.41, 5.74) is 2.40. The van der Waals surface area contributed by atoms with Crippen LogP contribution >= 0.6 is 0 Å². The van der Waals surface area contributed by atoms with Gasteiger partial charge in [0.1, 0.15) is 5.54 Å². The molecule has 1 fully saturated rings. The summed E-state index contributed by atoms with van der Waals surface area (Å²) in [5, 5.41) is 10.2. The zero-order valence-corrected chi connectivity index (χ0v) is 19.0. The van der Waals surface area contributed by atoms with Crippen LogP contribution in [0.5, 0.6) is 0 Å². The Labute approximate surface area is 194 Å². The van der Waals surface area contributed by atoms with E-state index >= 15 is 0 Å². The summed E-state index contributed by atoms with van der Waals surface area (Å²) in [4.78, 5) is 28.8. The van der Waals surface area contributed by atoms with Crippen molar-refractivity contribution in [2.45, 2.75) is 63.8 Å². The second-order valence-corrected chi connectivity index (χ2v) is 8.68. The van der Waals surface area contributed by atoms with Gasteiger partial charge < -0.3 is 15.2 Å². The molecule has 1 saturated carbocycles. The molecule has 0 bridgehead atoms. The average Bonchev–Trinajstić information content (AvgIpc) is 3.18. The van der Waals surface area contributed by atoms with Crippen LogP contribution in [-0.4, -0.2) is 22.0 Å². The zero-order chi connectivity index (χ0) is 23.1. The Morgan fingerprint density at radius 3 is 2.27 bits per heavy atom. The summed E-state index contributed by atoms with van der Waals surface area (Å²) in [7, 11) is 0. The van der Waals surface area contributed by atoms with E-state index in [4.69, 9.17) is 4.52 Å². The van der Waals surface area contributed by atoms with E-state index in [1.807, 2.05) is 42.5 Å². The van der Waals surface area contributed by atoms with Gasteiger partial charge in [0.2, 0.25) is 17.7 Å². The lowest BCUT2D eigenvalue weighted by Crippen LogP contribution is -2.45. The molecule has 3 aromatic rings. The smallest absolute Gasteiger partial charge is 0.227 e. The van der Waals surface area contributed by atoms with Gasteiger partial charge >= 0.3 is 0 Å². The van der Waals surface area contributed by atoms with E-state index in [9.17, 15) is 9.59 Å². The van der Waals surface area contributed by atoms with Crippen molar-refractivity contribution in [2.75, 3.05) is 5.32 Å². The molecule has 1 aliphatic rings. The van der Waals surface area contributed by atoms with E-state index in [1.165, 1.54) is 6.92 Å². The number of nitrogens with one attached hydrogen (secondary N) is 2. The van der Waals surface area contributed by atoms with Crippen LogP contribution in [0.25, 0.3) is 11.1 Å². The molecule has 0 saturated heterocycles. The molecule has 4 rings (SSSR count). The number of rotatable bonds is 7. The Morgan fingerprint density at radius 1 is 0.939 bits per heavy atom. The molecule has 7 heteroatoms. The number of carbonyl (C=O) groups is 2. The molecule has 0 spiro atoms. The summed E-state index contributed by atoms with van der Waals surface area (Å²) in [5.74, 6) is 0.717. The van der Waals surface area contributed by atoms with Gasteiger partial charge in [-0.2, -0.15) is 4.98 Å². The van der Waals surface area contributed by atoms with Crippen molar-refractivity contribution in [1.82, 2.24) is 15.5 Å². The van der Waals surface area contributed by atoms with Crippen molar-refractivity contribution in [1.29, 1.82) is 0 Å². The number of nitrogens with zero attached hydrogens (tertiary/aromatic N) is 2. The molecule has 1 aromatic heterocycles. The fraction of sp³-hybridized carbons (Fsp3) is 0.385. The van der Waals surface area contributed by atoms with E-state index < -0.39 is 5.54 Å². The van der Waals surface area contributed by atoms with E-state index in [0.29, 0.717) is 18.1 Å². The highest BCUT2D eigenvalue weighted by Gasteiger charge is 2.38. The standard InChI is InChI=1S/C26H30N4O3/c1-19(31)29-26(17-7-2-3-8-18-26)25-28-24(33-30-25)16-15-23(32)27-22-13-11-21(12-14-22)20-9-5-4-6-10-20/h4-6,9-14H,2-3,7-8,15-18H2,1H3,(H,27,32)(H,29,31). The zero-order valence-electron chi connectivity index (χ0n) is 19.0. The molecule has 0 aliphatic heterocycles. The van der Waals surface area contributed by atoms with Gasteiger partial charge in [0.05, 0.1) is 0 Å². The van der Waals surface area contributed by atoms with Crippen LogP contribution in [0, 0.1) is 0 Å². The molecule has 1 aliphatic carbocycles. The van der Waals surface area contributed by atoms with E-state index in [1.54, 1.807) is 0 Å². The SMILES string of the molecule is CC(=O)NC1(c2noc(CCC(=O)Nc3ccc(-c4ccccc4)cc3)n2)CCCCCC1. The van der Waals surface area contributed by atoms with Crippen molar-refractivity contribution in [3.05, 3.63) is 66.3 Å². The number of aromatic nitrogens is 2. The van der Waals surface area contributed by atoms with Crippen molar-refractivity contribution in [2.24, 2.45) is 0 Å². The third-order valence-corrected chi connectivity index (χ3v) is 6.11. The maximum atomic E-state index is 12.4. The summed E-state index contributed by atoms with van der Waals surface area (Å²) in [6.07, 6.45) is 6.46. The van der Waals surface area contributed by atoms with Gasteiger partial charge in [-0.15, -0.1) is 0 Å². The predicted molar refractivity (Wildman–Crippen MR) is 126 cm³/mol. The van der Waals surface area contributed by atoms with Gasteiger partial charge in [-0.25, -0.2) is 0 Å². The molecule has 2 aromatic carbocycles. The Morgan fingerprint density at radius 2 is 1.61 bits per heavy atom. The fourth-order valence-corrected chi connectivity index (χ4v) is 4.44. The number of hydrogen-bond donors (Lipinski definition) is 2. The summed E-state index contributed by atoms with van der Waals surface area (Å²) >= 11 is 0. The first kappa shape index (κ1) is 22.7. The number of benzene rings is 2. The molecule has 2 amide bonds. The van der Waals surface area contributed by atoms with E-state index in [0.717, 1.165) is 55.3 Å². The van der Waals surface area contributed by atoms with Crippen molar-refractivity contribution >= 4 is 17.5 Å². The minimum absolute atomic E-state index is 0.0964. The number of anilines is 1. The highest BCUT2D eigenvalue weighted by Crippen LogP contribution is 2.34. The molecular weight excluding hydrogens is 416 g/mol. The second kappa shape index (κ2) is 10.4. The second-order valence-electron chi connectivity index (χ2n) is 8.68. The fourth-order valence-electron chi connectivity index (χ4n) is 4.44. The third kappa shape index (κ3) is 5.86. The van der Waals surface area contributed by atoms with Gasteiger partial charge in [0.25, 0.3) is 0 Å². The van der Waals surface area contributed by atoms with Crippen LogP contribution in [0.1, 0.15) is 63.6 Å². The largest absolute Gasteiger partial charge is 0.343 e. The van der Waals surface area contributed by atoms with Crippen LogP contribution in [0.2, 0.25) is 0 Å². The van der Waals surface area contributed by atoms with Crippen molar-refractivity contribution in [3.63, 3.8) is 0 Å². The Balaban J connectivity index is 1.35. The first-order chi connectivity index (χ1) is 16.0. The number of aryl methyl sites for hydroxylation is 1. The predicted octanol–water partition coefficient (Wildman–Crippen LogP) is 4.99. The minimum Gasteiger partial charge on any atom is -0.343 e. The maximum absolute atomic E-state index is 12.4. The van der Waals surface area contributed by atoms with Crippen LogP contribution in [0.3, 0.4) is 0 Å². The number of amides is 2. The lowest BCUT2D eigenvalue weighted by atomic mass is 9.89. The number of carbonyl (C=O) groups excluding carboxylic acids is 2. The molecule has 33 heavy (non-hydrogen) atoms. The molecular formula is C26H30N4O3. The molecule has 0 atom stereocenters. The molecule has 7 nitrogen and oxygen atoms in total. The summed E-state index contributed by atoms with van der Waals surface area (Å²) in [6.45, 7) is 1.52. The van der Waals surface area contributed by atoms with Crippen LogP contribution in [0.4, 0.5) is 5.69 Å². The van der Waals surface area contributed by atoms with Gasteiger partial charge in [-0.1, -0.05) is 73.3 Å². The van der Waals surface area contributed by atoms with Gasteiger partial charge in [0, 0.05) is 25.5 Å². The lowest BCUT2D eigenvalue weighted by molar-refractivity contribution is -0.121. The summed E-state index contributed by atoms with van der Waals surface area (Å²) < 4.78 is 5.44. The van der Waals surface area contributed by atoms with Gasteiger partial charge in [-0.3, -0.25) is 9.59 Å². The van der Waals surface area contributed by atoms with Crippen LogP contribution < -0.4 is 10.6 Å². The highest BCUT2D eigenvalue weighted by atomic mass is 16.5. The molecule has 172 valence electrons. The molecule has 1 heterocycles. The van der Waals surface area contributed by atoms with Crippen LogP contribution in [0.15, 0.2) is 59.1 Å². The average molecular weight is 447 g/mol. The first-order valence-electron chi connectivity index (χ1n) is 11.6. The Bertz CT molecular complexity index is 1070. The van der Waals surface area contributed by atoms with Gasteiger partial charge in [-0.05, 0) is 36.1 Å². The summed E-state index contributed by atoms with van der Waals surface area (Å²) in [6, 6.07) is 17.9. The maximum Gasteiger partial charge on any atom is 0.227 e. The quantitative estimate of drug-likeness (QED) is 0.498. The Hall–Kier alpha value is -3.48. The minimum atomic E-state index is -0.577.